The summed E-state index contributed by atoms with van der Waals surface area (Å²) in [5, 5.41) is 13.1. The number of hydrogen-bond acceptors (Lipinski definition) is 5. The van der Waals surface area contributed by atoms with E-state index in [1.807, 2.05) is 13.0 Å². The van der Waals surface area contributed by atoms with Crippen molar-refractivity contribution in [1.29, 1.82) is 0 Å². The maximum Gasteiger partial charge on any atom is 0.325 e. The number of likely N-dealkylation sites (tertiary alicyclic amines) is 1. The number of carbonyl (C=O) groups excluding carboxylic acids is 1. The third kappa shape index (κ3) is 3.84. The van der Waals surface area contributed by atoms with Gasteiger partial charge in [-0.2, -0.15) is 5.10 Å². The molecule has 0 radical (unpaired) electrons. The quantitative estimate of drug-likeness (QED) is 0.858. The molecule has 8 nitrogen and oxygen atoms in total. The fourth-order valence-corrected chi connectivity index (χ4v) is 3.16. The Bertz CT molecular complexity index is 751. The summed E-state index contributed by atoms with van der Waals surface area (Å²) in [5.74, 6) is -0.476. The lowest BCUT2D eigenvalue weighted by atomic mass is 9.94. The Kier molecular flexibility index (Phi) is 5.06. The van der Waals surface area contributed by atoms with Crippen molar-refractivity contribution in [3.05, 3.63) is 35.9 Å². The maximum atomic E-state index is 12.7. The molecule has 0 saturated carbocycles. The molecule has 2 aromatic rings. The highest BCUT2D eigenvalue weighted by Gasteiger charge is 2.29. The van der Waals surface area contributed by atoms with Crippen LogP contribution in [0.5, 0.6) is 5.95 Å². The summed E-state index contributed by atoms with van der Waals surface area (Å²) in [5.41, 5.74) is 0.842. The fraction of sp³-hybridized carbons (Fsp3) is 0.471. The van der Waals surface area contributed by atoms with Crippen LogP contribution < -0.4 is 4.74 Å². The highest BCUT2D eigenvalue weighted by Crippen LogP contribution is 2.28. The van der Waals surface area contributed by atoms with E-state index < -0.39 is 5.97 Å². The van der Waals surface area contributed by atoms with Crippen molar-refractivity contribution < 1.29 is 23.8 Å². The molecule has 25 heavy (non-hydrogen) atoms. The molecule has 0 aromatic carbocycles. The van der Waals surface area contributed by atoms with Gasteiger partial charge in [0.2, 0.25) is 0 Å². The van der Waals surface area contributed by atoms with Crippen LogP contribution in [-0.2, 0) is 11.3 Å². The van der Waals surface area contributed by atoms with Gasteiger partial charge in [-0.15, -0.1) is 0 Å². The third-order valence-electron chi connectivity index (χ3n) is 4.24. The number of ether oxygens (including phenoxy) is 1. The Morgan fingerprint density at radius 2 is 2.24 bits per heavy atom. The first-order valence-corrected chi connectivity index (χ1v) is 8.34. The molecule has 1 fully saturated rings. The highest BCUT2D eigenvalue weighted by molar-refractivity contribution is 5.91. The van der Waals surface area contributed by atoms with Gasteiger partial charge in [0.25, 0.3) is 11.9 Å². The summed E-state index contributed by atoms with van der Waals surface area (Å²) < 4.78 is 12.2. The number of nitrogens with zero attached hydrogens (tertiary/aromatic N) is 3. The first-order valence-electron chi connectivity index (χ1n) is 8.34. The molecule has 134 valence electrons. The van der Waals surface area contributed by atoms with E-state index in [9.17, 15) is 9.59 Å². The zero-order valence-electron chi connectivity index (χ0n) is 14.1. The Balaban J connectivity index is 1.71. The SMILES string of the molecule is CCOc1ccc(C(=O)N2CCC[C@@H](c3ccnn3CC(=O)O)C2)o1. The molecular weight excluding hydrogens is 326 g/mol. The maximum absolute atomic E-state index is 12.7. The number of hydrogen-bond donors (Lipinski definition) is 1. The second kappa shape index (κ2) is 7.42. The monoisotopic (exact) mass is 347 g/mol. The Hall–Kier alpha value is -2.77. The van der Waals surface area contributed by atoms with Crippen molar-refractivity contribution in [2.24, 2.45) is 0 Å². The van der Waals surface area contributed by atoms with Gasteiger partial charge in [0.15, 0.2) is 5.76 Å². The van der Waals surface area contributed by atoms with Crippen molar-refractivity contribution in [1.82, 2.24) is 14.7 Å². The molecule has 1 atom stereocenters. The number of carbonyl (C=O) groups is 2. The third-order valence-corrected chi connectivity index (χ3v) is 4.24. The highest BCUT2D eigenvalue weighted by atomic mass is 16.6. The van der Waals surface area contributed by atoms with Crippen LogP contribution in [0, 0.1) is 0 Å². The van der Waals surface area contributed by atoms with Gasteiger partial charge in [-0.3, -0.25) is 14.3 Å². The summed E-state index contributed by atoms with van der Waals surface area (Å²) in [6.07, 6.45) is 3.32. The van der Waals surface area contributed by atoms with E-state index in [0.717, 1.165) is 18.5 Å². The zero-order valence-corrected chi connectivity index (χ0v) is 14.1. The minimum absolute atomic E-state index is 0.0564. The second-order valence-electron chi connectivity index (χ2n) is 5.95. The predicted molar refractivity (Wildman–Crippen MR) is 87.6 cm³/mol. The van der Waals surface area contributed by atoms with E-state index >= 15 is 0 Å². The van der Waals surface area contributed by atoms with Gasteiger partial charge in [0.05, 0.1) is 6.61 Å². The number of aliphatic carboxylic acids is 1. The van der Waals surface area contributed by atoms with E-state index in [1.165, 1.54) is 4.68 Å². The van der Waals surface area contributed by atoms with Crippen LogP contribution in [0.25, 0.3) is 0 Å². The molecule has 2 aromatic heterocycles. The number of furan rings is 1. The number of carboxylic acid groups (broad SMARTS) is 1. The average Bonchev–Trinajstić information content (AvgIpc) is 3.24. The van der Waals surface area contributed by atoms with Crippen LogP contribution in [0.3, 0.4) is 0 Å². The molecule has 0 bridgehead atoms. The minimum Gasteiger partial charge on any atom is -0.480 e. The van der Waals surface area contributed by atoms with Crippen molar-refractivity contribution in [3.63, 3.8) is 0 Å². The van der Waals surface area contributed by atoms with Gasteiger partial charge in [0, 0.05) is 37.0 Å². The molecule has 3 heterocycles. The lowest BCUT2D eigenvalue weighted by Gasteiger charge is -2.32. The average molecular weight is 347 g/mol. The molecule has 0 aliphatic carbocycles. The lowest BCUT2D eigenvalue weighted by Crippen LogP contribution is -2.39. The Morgan fingerprint density at radius 1 is 1.40 bits per heavy atom. The molecule has 0 unspecified atom stereocenters. The summed E-state index contributed by atoms with van der Waals surface area (Å²) in [6.45, 7) is 3.30. The predicted octanol–water partition coefficient (Wildman–Crippen LogP) is 1.98. The fourth-order valence-electron chi connectivity index (χ4n) is 3.16. The van der Waals surface area contributed by atoms with Crippen molar-refractivity contribution >= 4 is 11.9 Å². The number of carboxylic acids is 1. The van der Waals surface area contributed by atoms with Crippen molar-refractivity contribution in [2.45, 2.75) is 32.2 Å². The van der Waals surface area contributed by atoms with E-state index in [2.05, 4.69) is 5.10 Å². The summed E-state index contributed by atoms with van der Waals surface area (Å²) >= 11 is 0. The van der Waals surface area contributed by atoms with Gasteiger partial charge >= 0.3 is 5.97 Å². The molecule has 0 spiro atoms. The Labute approximate surface area is 145 Å². The molecule has 3 rings (SSSR count). The summed E-state index contributed by atoms with van der Waals surface area (Å²) in [6, 6.07) is 5.08. The largest absolute Gasteiger partial charge is 0.480 e. The van der Waals surface area contributed by atoms with E-state index in [0.29, 0.717) is 25.6 Å². The first kappa shape index (κ1) is 17.1. The van der Waals surface area contributed by atoms with Gasteiger partial charge in [0.1, 0.15) is 6.54 Å². The normalized spacial score (nSPS) is 17.5. The smallest absolute Gasteiger partial charge is 0.325 e. The van der Waals surface area contributed by atoms with Crippen LogP contribution in [0.1, 0.15) is 41.9 Å². The van der Waals surface area contributed by atoms with Gasteiger partial charge in [-0.1, -0.05) is 0 Å². The number of amides is 1. The Morgan fingerprint density at radius 3 is 3.00 bits per heavy atom. The van der Waals surface area contributed by atoms with Crippen LogP contribution >= 0.6 is 0 Å². The zero-order chi connectivity index (χ0) is 17.8. The lowest BCUT2D eigenvalue weighted by molar-refractivity contribution is -0.137. The topological polar surface area (TPSA) is 97.8 Å². The van der Waals surface area contributed by atoms with Crippen LogP contribution in [0.4, 0.5) is 0 Å². The molecule has 1 aliphatic heterocycles. The van der Waals surface area contributed by atoms with Gasteiger partial charge in [-0.05, 0) is 31.9 Å². The number of rotatable bonds is 6. The molecule has 1 aliphatic rings. The van der Waals surface area contributed by atoms with Crippen molar-refractivity contribution in [3.8, 4) is 5.95 Å². The molecule has 1 saturated heterocycles. The van der Waals surface area contributed by atoms with E-state index in [4.69, 9.17) is 14.3 Å². The molecular formula is C17H21N3O5. The first-order chi connectivity index (χ1) is 12.1. The van der Waals surface area contributed by atoms with Gasteiger partial charge in [-0.25, -0.2) is 0 Å². The van der Waals surface area contributed by atoms with Crippen LogP contribution in [0.2, 0.25) is 0 Å². The van der Waals surface area contributed by atoms with E-state index in [1.54, 1.807) is 23.2 Å². The molecule has 1 N–H and O–H groups in total. The van der Waals surface area contributed by atoms with E-state index in [-0.39, 0.29) is 24.1 Å². The number of piperidine rings is 1. The number of aromatic nitrogens is 2. The minimum atomic E-state index is -0.937. The van der Waals surface area contributed by atoms with Crippen molar-refractivity contribution in [2.75, 3.05) is 19.7 Å². The molecule has 1 amide bonds. The summed E-state index contributed by atoms with van der Waals surface area (Å²) in [4.78, 5) is 25.4. The standard InChI is InChI=1S/C17H21N3O5/c1-2-24-16-6-5-14(25-16)17(23)19-9-3-4-12(10-19)13-7-8-18-20(13)11-15(21)22/h5-8,12H,2-4,9-11H2,1H3,(H,21,22)/t12-/m1/s1. The second-order valence-corrected chi connectivity index (χ2v) is 5.95. The molecule has 8 heteroatoms. The van der Waals surface area contributed by atoms with Gasteiger partial charge < -0.3 is 19.2 Å². The van der Waals surface area contributed by atoms with Crippen LogP contribution in [0.15, 0.2) is 28.8 Å². The van der Waals surface area contributed by atoms with Crippen LogP contribution in [-0.4, -0.2) is 51.4 Å². The summed E-state index contributed by atoms with van der Waals surface area (Å²) in [7, 11) is 0.